The number of aromatic nitrogens is 3. The van der Waals surface area contributed by atoms with E-state index in [-0.39, 0.29) is 12.3 Å². The number of rotatable bonds is 7. The van der Waals surface area contributed by atoms with Crippen LogP contribution in [0, 0.1) is 0 Å². The van der Waals surface area contributed by atoms with Gasteiger partial charge >= 0.3 is 0 Å². The number of amides is 1. The van der Waals surface area contributed by atoms with Crippen molar-refractivity contribution < 1.29 is 9.32 Å². The fraction of sp³-hybridized carbons (Fsp3) is 0.190. The number of benzene rings is 2. The quantitative estimate of drug-likeness (QED) is 0.493. The molecule has 0 aliphatic rings. The van der Waals surface area contributed by atoms with Gasteiger partial charge in [0.2, 0.25) is 17.6 Å². The lowest BCUT2D eigenvalue weighted by Gasteiger charge is -2.03. The van der Waals surface area contributed by atoms with Gasteiger partial charge in [-0.05, 0) is 30.2 Å². The van der Waals surface area contributed by atoms with E-state index in [2.05, 4.69) is 26.5 Å². The van der Waals surface area contributed by atoms with Crippen LogP contribution in [0.5, 0.6) is 0 Å². The number of para-hydroxylation sites is 1. The summed E-state index contributed by atoms with van der Waals surface area (Å²) in [5.74, 6) is 0.805. The van der Waals surface area contributed by atoms with E-state index in [0.717, 1.165) is 11.9 Å². The Balaban J connectivity index is 1.26. The highest BCUT2D eigenvalue weighted by molar-refractivity contribution is 6.33. The number of aromatic amines is 1. The lowest BCUT2D eigenvalue weighted by molar-refractivity contribution is -0.121. The van der Waals surface area contributed by atoms with Crippen molar-refractivity contribution in [2.45, 2.75) is 19.3 Å². The van der Waals surface area contributed by atoms with Crippen molar-refractivity contribution in [3.8, 4) is 11.4 Å². The van der Waals surface area contributed by atoms with Crippen LogP contribution < -0.4 is 5.32 Å². The summed E-state index contributed by atoms with van der Waals surface area (Å²) in [6.45, 7) is 0.579. The molecule has 1 amide bonds. The maximum Gasteiger partial charge on any atom is 0.227 e. The third-order valence-corrected chi connectivity index (χ3v) is 4.87. The van der Waals surface area contributed by atoms with Crippen LogP contribution in [0.3, 0.4) is 0 Å². The monoisotopic (exact) mass is 394 g/mol. The van der Waals surface area contributed by atoms with Crippen molar-refractivity contribution >= 4 is 28.4 Å². The van der Waals surface area contributed by atoms with E-state index in [9.17, 15) is 4.79 Å². The molecule has 28 heavy (non-hydrogen) atoms. The Morgan fingerprint density at radius 2 is 1.93 bits per heavy atom. The first-order valence-electron chi connectivity index (χ1n) is 9.10. The molecule has 7 heteroatoms. The van der Waals surface area contributed by atoms with Gasteiger partial charge in [0.25, 0.3) is 0 Å². The van der Waals surface area contributed by atoms with E-state index < -0.39 is 0 Å². The fourth-order valence-corrected chi connectivity index (χ4v) is 3.31. The second-order valence-electron chi connectivity index (χ2n) is 6.45. The maximum atomic E-state index is 12.1. The number of nitrogens with one attached hydrogen (secondary N) is 2. The Morgan fingerprint density at radius 1 is 1.11 bits per heavy atom. The van der Waals surface area contributed by atoms with Crippen LogP contribution in [0.4, 0.5) is 0 Å². The molecule has 4 aromatic rings. The molecule has 142 valence electrons. The molecule has 0 spiro atoms. The molecule has 4 rings (SSSR count). The molecule has 0 aliphatic heterocycles. The molecular weight excluding hydrogens is 376 g/mol. The van der Waals surface area contributed by atoms with Gasteiger partial charge in [0, 0.05) is 42.0 Å². The zero-order valence-corrected chi connectivity index (χ0v) is 15.9. The van der Waals surface area contributed by atoms with E-state index in [1.165, 1.54) is 10.9 Å². The minimum Gasteiger partial charge on any atom is -0.361 e. The van der Waals surface area contributed by atoms with E-state index in [1.54, 1.807) is 6.07 Å². The molecule has 0 saturated heterocycles. The third kappa shape index (κ3) is 4.07. The number of carbonyl (C=O) groups excluding carboxylic acids is 1. The van der Waals surface area contributed by atoms with Crippen molar-refractivity contribution in [1.82, 2.24) is 20.4 Å². The molecule has 0 unspecified atom stereocenters. The molecule has 6 nitrogen and oxygen atoms in total. The van der Waals surface area contributed by atoms with Gasteiger partial charge in [-0.15, -0.1) is 0 Å². The summed E-state index contributed by atoms with van der Waals surface area (Å²) >= 11 is 6.14. The molecule has 2 N–H and O–H groups in total. The number of H-pyrrole nitrogens is 1. The number of hydrogen-bond acceptors (Lipinski definition) is 4. The van der Waals surface area contributed by atoms with Gasteiger partial charge in [-0.1, -0.05) is 47.1 Å². The van der Waals surface area contributed by atoms with E-state index >= 15 is 0 Å². The Bertz CT molecular complexity index is 1100. The van der Waals surface area contributed by atoms with Gasteiger partial charge in [-0.3, -0.25) is 4.79 Å². The largest absolute Gasteiger partial charge is 0.361 e. The molecule has 0 bridgehead atoms. The predicted octanol–water partition coefficient (Wildman–Crippen LogP) is 4.16. The molecule has 2 heterocycles. The first kappa shape index (κ1) is 18.3. The number of hydrogen-bond donors (Lipinski definition) is 2. The summed E-state index contributed by atoms with van der Waals surface area (Å²) in [6.07, 6.45) is 3.44. The molecule has 2 aromatic carbocycles. The smallest absolute Gasteiger partial charge is 0.227 e. The second-order valence-corrected chi connectivity index (χ2v) is 6.86. The topological polar surface area (TPSA) is 83.8 Å². The molecule has 0 aliphatic carbocycles. The lowest BCUT2D eigenvalue weighted by atomic mass is 10.1. The summed E-state index contributed by atoms with van der Waals surface area (Å²) in [5, 5.41) is 8.63. The fourth-order valence-electron chi connectivity index (χ4n) is 3.09. The standard InChI is InChI=1S/C21H19ClN4O2/c22-17-7-3-1-6-16(17)21-25-20(28-26-21)10-9-19(27)23-12-11-14-13-24-18-8-4-2-5-15(14)18/h1-8,13,24H,9-12H2,(H,23,27). The zero-order valence-electron chi connectivity index (χ0n) is 15.1. The van der Waals surface area contributed by atoms with Gasteiger partial charge < -0.3 is 14.8 Å². The third-order valence-electron chi connectivity index (χ3n) is 4.54. The summed E-state index contributed by atoms with van der Waals surface area (Å²) in [7, 11) is 0. The van der Waals surface area contributed by atoms with Crippen molar-refractivity contribution in [1.29, 1.82) is 0 Å². The first-order valence-corrected chi connectivity index (χ1v) is 9.47. The molecule has 2 aromatic heterocycles. The Labute approximate surface area is 166 Å². The minimum absolute atomic E-state index is 0.0441. The number of fused-ring (bicyclic) bond motifs is 1. The van der Waals surface area contributed by atoms with Crippen LogP contribution >= 0.6 is 11.6 Å². The molecule has 0 saturated carbocycles. The van der Waals surface area contributed by atoms with E-state index in [4.69, 9.17) is 16.1 Å². The van der Waals surface area contributed by atoms with Crippen LogP contribution in [-0.4, -0.2) is 27.6 Å². The summed E-state index contributed by atoms with van der Waals surface area (Å²) in [5.41, 5.74) is 3.01. The van der Waals surface area contributed by atoms with Crippen LogP contribution in [0.15, 0.2) is 59.3 Å². The maximum absolute atomic E-state index is 12.1. The number of nitrogens with zero attached hydrogens (tertiary/aromatic N) is 2. The Hall–Kier alpha value is -3.12. The average molecular weight is 395 g/mol. The normalized spacial score (nSPS) is 11.0. The highest BCUT2D eigenvalue weighted by Gasteiger charge is 2.12. The summed E-state index contributed by atoms with van der Waals surface area (Å²) in [6, 6.07) is 15.4. The lowest BCUT2D eigenvalue weighted by Crippen LogP contribution is -2.25. The SMILES string of the molecule is O=C(CCc1nc(-c2ccccc2Cl)no1)NCCc1c[nH]c2ccccc12. The first-order chi connectivity index (χ1) is 13.7. The highest BCUT2D eigenvalue weighted by Crippen LogP contribution is 2.25. The summed E-state index contributed by atoms with van der Waals surface area (Å²) < 4.78 is 5.23. The second kappa shape index (κ2) is 8.27. The van der Waals surface area contributed by atoms with Crippen molar-refractivity contribution in [3.05, 3.63) is 71.2 Å². The molecule has 0 atom stereocenters. The van der Waals surface area contributed by atoms with Crippen LogP contribution in [0.2, 0.25) is 5.02 Å². The van der Waals surface area contributed by atoms with Crippen LogP contribution in [-0.2, 0) is 17.6 Å². The van der Waals surface area contributed by atoms with E-state index in [1.807, 2.05) is 42.6 Å². The Kier molecular flexibility index (Phi) is 5.39. The number of carbonyl (C=O) groups is 1. The van der Waals surface area contributed by atoms with Crippen molar-refractivity contribution in [2.24, 2.45) is 0 Å². The van der Waals surface area contributed by atoms with Gasteiger partial charge in [-0.2, -0.15) is 4.98 Å². The van der Waals surface area contributed by atoms with Crippen molar-refractivity contribution in [3.63, 3.8) is 0 Å². The van der Waals surface area contributed by atoms with Gasteiger partial charge in [0.15, 0.2) is 0 Å². The van der Waals surface area contributed by atoms with Crippen LogP contribution in [0.25, 0.3) is 22.3 Å². The minimum atomic E-state index is -0.0441. The highest BCUT2D eigenvalue weighted by atomic mass is 35.5. The van der Waals surface area contributed by atoms with Crippen molar-refractivity contribution in [2.75, 3.05) is 6.54 Å². The molecule has 0 radical (unpaired) electrons. The summed E-state index contributed by atoms with van der Waals surface area (Å²) in [4.78, 5) is 19.7. The van der Waals surface area contributed by atoms with Crippen LogP contribution in [0.1, 0.15) is 17.9 Å². The predicted molar refractivity (Wildman–Crippen MR) is 108 cm³/mol. The van der Waals surface area contributed by atoms with Gasteiger partial charge in [0.1, 0.15) is 0 Å². The Morgan fingerprint density at radius 3 is 2.82 bits per heavy atom. The average Bonchev–Trinajstić information content (AvgIpc) is 3.34. The number of halogens is 1. The van der Waals surface area contributed by atoms with E-state index in [0.29, 0.717) is 35.3 Å². The number of aryl methyl sites for hydroxylation is 1. The van der Waals surface area contributed by atoms with Gasteiger partial charge in [0.05, 0.1) is 5.02 Å². The zero-order chi connectivity index (χ0) is 19.3. The van der Waals surface area contributed by atoms with Gasteiger partial charge in [-0.25, -0.2) is 0 Å². The molecular formula is C21H19ClN4O2. The molecule has 0 fully saturated rings.